The second-order valence-electron chi connectivity index (χ2n) is 3.91. The first-order chi connectivity index (χ1) is 7.54. The Hall–Kier alpha value is -1.49. The number of nitrogen functional groups attached to an aromatic ring is 1. The number of nitrogens with one attached hydrogen (secondary N) is 1. The van der Waals surface area contributed by atoms with Crippen LogP contribution in [0.3, 0.4) is 0 Å². The van der Waals surface area contributed by atoms with E-state index in [0.717, 1.165) is 13.0 Å². The molecule has 1 amide bonds. The highest BCUT2D eigenvalue weighted by Gasteiger charge is 2.12. The van der Waals surface area contributed by atoms with Crippen LogP contribution in [0.2, 0.25) is 0 Å². The summed E-state index contributed by atoms with van der Waals surface area (Å²) < 4.78 is 1.83. The molecular formula is C11H19N3O2. The lowest BCUT2D eigenvalue weighted by Crippen LogP contribution is -2.31. The van der Waals surface area contributed by atoms with Crippen LogP contribution in [0, 0.1) is 0 Å². The maximum Gasteiger partial charge on any atom is 0.268 e. The average molecular weight is 225 g/mol. The van der Waals surface area contributed by atoms with Crippen molar-refractivity contribution in [2.75, 3.05) is 12.3 Å². The molecule has 16 heavy (non-hydrogen) atoms. The van der Waals surface area contributed by atoms with Gasteiger partial charge in [-0.15, -0.1) is 0 Å². The number of hydrogen-bond acceptors (Lipinski definition) is 3. The van der Waals surface area contributed by atoms with E-state index in [1.165, 1.54) is 0 Å². The lowest BCUT2D eigenvalue weighted by atomic mass is 10.3. The van der Waals surface area contributed by atoms with Crippen LogP contribution in [-0.4, -0.2) is 28.2 Å². The molecule has 0 saturated heterocycles. The van der Waals surface area contributed by atoms with Crippen molar-refractivity contribution in [1.29, 1.82) is 0 Å². The normalized spacial score (nSPS) is 12.4. The van der Waals surface area contributed by atoms with Crippen LogP contribution >= 0.6 is 0 Å². The Balaban J connectivity index is 2.73. The predicted octanol–water partition coefficient (Wildman–Crippen LogP) is 0.591. The molecule has 1 aromatic rings. The number of anilines is 1. The number of aliphatic hydroxyl groups is 1. The van der Waals surface area contributed by atoms with Crippen LogP contribution in [0.15, 0.2) is 12.3 Å². The van der Waals surface area contributed by atoms with Gasteiger partial charge >= 0.3 is 0 Å². The summed E-state index contributed by atoms with van der Waals surface area (Å²) in [4.78, 5) is 11.8. The Kier molecular flexibility index (Phi) is 4.37. The number of aliphatic hydroxyl groups excluding tert-OH is 1. The number of nitrogens with zero attached hydrogens (tertiary/aromatic N) is 1. The third kappa shape index (κ3) is 3.27. The summed E-state index contributed by atoms with van der Waals surface area (Å²) in [6.45, 7) is 4.66. The molecule has 1 rings (SSSR count). The fraction of sp³-hybridized carbons (Fsp3) is 0.545. The summed E-state index contributed by atoms with van der Waals surface area (Å²) in [5, 5.41) is 11.7. The molecule has 0 bridgehead atoms. The molecule has 5 heteroatoms. The van der Waals surface area contributed by atoms with Crippen molar-refractivity contribution in [3.8, 4) is 0 Å². The Morgan fingerprint density at radius 2 is 2.38 bits per heavy atom. The third-order valence-electron chi connectivity index (χ3n) is 2.17. The number of hydrogen-bond donors (Lipinski definition) is 3. The van der Waals surface area contributed by atoms with Crippen molar-refractivity contribution < 1.29 is 9.90 Å². The van der Waals surface area contributed by atoms with E-state index >= 15 is 0 Å². The molecule has 1 heterocycles. The van der Waals surface area contributed by atoms with E-state index in [9.17, 15) is 4.79 Å². The predicted molar refractivity (Wildman–Crippen MR) is 63.1 cm³/mol. The van der Waals surface area contributed by atoms with Gasteiger partial charge in [0.25, 0.3) is 5.91 Å². The molecule has 0 aromatic carbocycles. The van der Waals surface area contributed by atoms with Crippen molar-refractivity contribution >= 4 is 11.6 Å². The second kappa shape index (κ2) is 5.55. The molecule has 90 valence electrons. The molecule has 4 N–H and O–H groups in total. The maximum atomic E-state index is 11.8. The standard InChI is InChI=1S/C11H19N3O2/c1-3-4-14-7-9(12)5-10(14)11(16)13-6-8(2)15/h5,7-8,15H,3-4,6,12H2,1-2H3,(H,13,16)/t8-/m1/s1. The Morgan fingerprint density at radius 1 is 1.69 bits per heavy atom. The molecule has 0 aliphatic rings. The molecule has 0 spiro atoms. The van der Waals surface area contributed by atoms with E-state index < -0.39 is 6.10 Å². The smallest absolute Gasteiger partial charge is 0.268 e. The van der Waals surface area contributed by atoms with Crippen molar-refractivity contribution in [2.45, 2.75) is 32.9 Å². The van der Waals surface area contributed by atoms with Gasteiger partial charge in [-0.3, -0.25) is 4.79 Å². The Labute approximate surface area is 95.3 Å². The average Bonchev–Trinajstić information content (AvgIpc) is 2.56. The van der Waals surface area contributed by atoms with Gasteiger partial charge in [0.1, 0.15) is 5.69 Å². The highest BCUT2D eigenvalue weighted by atomic mass is 16.3. The minimum Gasteiger partial charge on any atom is -0.397 e. The van der Waals surface area contributed by atoms with Gasteiger partial charge in [0, 0.05) is 19.3 Å². The van der Waals surface area contributed by atoms with Gasteiger partial charge < -0.3 is 20.7 Å². The summed E-state index contributed by atoms with van der Waals surface area (Å²) >= 11 is 0. The molecule has 0 radical (unpaired) electrons. The number of aryl methyl sites for hydroxylation is 1. The Bertz CT molecular complexity index is 358. The van der Waals surface area contributed by atoms with Crippen molar-refractivity contribution in [3.63, 3.8) is 0 Å². The summed E-state index contributed by atoms with van der Waals surface area (Å²) in [6, 6.07) is 1.65. The Morgan fingerprint density at radius 3 is 2.94 bits per heavy atom. The van der Waals surface area contributed by atoms with Gasteiger partial charge in [-0.25, -0.2) is 0 Å². The lowest BCUT2D eigenvalue weighted by molar-refractivity contribution is 0.0914. The van der Waals surface area contributed by atoms with E-state index in [-0.39, 0.29) is 12.5 Å². The van der Waals surface area contributed by atoms with Gasteiger partial charge in [-0.05, 0) is 19.4 Å². The number of carbonyl (C=O) groups is 1. The zero-order valence-electron chi connectivity index (χ0n) is 9.73. The second-order valence-corrected chi connectivity index (χ2v) is 3.91. The summed E-state index contributed by atoms with van der Waals surface area (Å²) in [6.07, 6.45) is 2.14. The largest absolute Gasteiger partial charge is 0.397 e. The van der Waals surface area contributed by atoms with E-state index in [1.54, 1.807) is 19.2 Å². The van der Waals surface area contributed by atoms with Gasteiger partial charge in [0.05, 0.1) is 11.8 Å². The number of nitrogens with two attached hydrogens (primary N) is 1. The van der Waals surface area contributed by atoms with Gasteiger partial charge in [0.2, 0.25) is 0 Å². The van der Waals surface area contributed by atoms with Crippen molar-refractivity contribution in [2.24, 2.45) is 0 Å². The molecule has 0 saturated carbocycles. The monoisotopic (exact) mass is 225 g/mol. The van der Waals surface area contributed by atoms with E-state index in [0.29, 0.717) is 11.4 Å². The summed E-state index contributed by atoms with van der Waals surface area (Å²) in [7, 11) is 0. The number of carbonyl (C=O) groups excluding carboxylic acids is 1. The van der Waals surface area contributed by atoms with Crippen LogP contribution in [0.25, 0.3) is 0 Å². The minimum atomic E-state index is -0.545. The van der Waals surface area contributed by atoms with Crippen molar-refractivity contribution in [3.05, 3.63) is 18.0 Å². The summed E-state index contributed by atoms with van der Waals surface area (Å²) in [5.74, 6) is -0.203. The molecule has 0 aliphatic carbocycles. The minimum absolute atomic E-state index is 0.203. The van der Waals surface area contributed by atoms with Crippen LogP contribution in [-0.2, 0) is 6.54 Å². The van der Waals surface area contributed by atoms with Crippen LogP contribution < -0.4 is 11.1 Å². The summed E-state index contributed by atoms with van der Waals surface area (Å²) in [5.41, 5.74) is 6.77. The molecular weight excluding hydrogens is 206 g/mol. The van der Waals surface area contributed by atoms with Crippen LogP contribution in [0.5, 0.6) is 0 Å². The van der Waals surface area contributed by atoms with Gasteiger partial charge in [-0.2, -0.15) is 0 Å². The topological polar surface area (TPSA) is 80.3 Å². The van der Waals surface area contributed by atoms with E-state index in [4.69, 9.17) is 10.8 Å². The molecule has 0 fully saturated rings. The highest BCUT2D eigenvalue weighted by molar-refractivity contribution is 5.93. The molecule has 0 aliphatic heterocycles. The zero-order chi connectivity index (χ0) is 12.1. The number of rotatable bonds is 5. The SMILES string of the molecule is CCCn1cc(N)cc1C(=O)NC[C@@H](C)O. The quantitative estimate of drug-likeness (QED) is 0.686. The fourth-order valence-electron chi connectivity index (χ4n) is 1.48. The van der Waals surface area contributed by atoms with Gasteiger partial charge in [-0.1, -0.05) is 6.92 Å². The first kappa shape index (κ1) is 12.6. The highest BCUT2D eigenvalue weighted by Crippen LogP contribution is 2.11. The molecule has 0 unspecified atom stereocenters. The van der Waals surface area contributed by atoms with Crippen LogP contribution in [0.1, 0.15) is 30.8 Å². The number of amides is 1. The van der Waals surface area contributed by atoms with Gasteiger partial charge in [0.15, 0.2) is 0 Å². The van der Waals surface area contributed by atoms with E-state index in [1.807, 2.05) is 11.5 Å². The number of aromatic nitrogens is 1. The lowest BCUT2D eigenvalue weighted by Gasteiger charge is -2.09. The molecule has 1 aromatic heterocycles. The first-order valence-corrected chi connectivity index (χ1v) is 5.46. The van der Waals surface area contributed by atoms with Crippen molar-refractivity contribution in [1.82, 2.24) is 9.88 Å². The fourth-order valence-corrected chi connectivity index (χ4v) is 1.48. The van der Waals surface area contributed by atoms with Crippen LogP contribution in [0.4, 0.5) is 5.69 Å². The molecule has 5 nitrogen and oxygen atoms in total. The molecule has 1 atom stereocenters. The first-order valence-electron chi connectivity index (χ1n) is 5.46. The third-order valence-corrected chi connectivity index (χ3v) is 2.17. The maximum absolute atomic E-state index is 11.8. The zero-order valence-corrected chi connectivity index (χ0v) is 9.73. The van der Waals surface area contributed by atoms with E-state index in [2.05, 4.69) is 5.32 Å².